The van der Waals surface area contributed by atoms with Crippen molar-refractivity contribution < 1.29 is 0 Å². The van der Waals surface area contributed by atoms with Gasteiger partial charge in [0.1, 0.15) is 6.17 Å². The molecule has 1 heterocycles. The van der Waals surface area contributed by atoms with Gasteiger partial charge in [-0.3, -0.25) is 9.89 Å². The highest BCUT2D eigenvalue weighted by Gasteiger charge is 2.34. The van der Waals surface area contributed by atoms with E-state index in [2.05, 4.69) is 75.1 Å². The number of fused-ring (bicyclic) bond motifs is 1. The molecule has 0 spiro atoms. The lowest BCUT2D eigenvalue weighted by atomic mass is 10.0. The summed E-state index contributed by atoms with van der Waals surface area (Å²) in [5, 5.41) is 6.39. The van der Waals surface area contributed by atoms with E-state index in [1.165, 1.54) is 11.9 Å². The zero-order valence-corrected chi connectivity index (χ0v) is 19.2. The van der Waals surface area contributed by atoms with Crippen LogP contribution in [0.15, 0.2) is 79.4 Å². The highest BCUT2D eigenvalue weighted by molar-refractivity contribution is 6.03. The van der Waals surface area contributed by atoms with Gasteiger partial charge in [-0.1, -0.05) is 70.2 Å². The SMILES string of the molecule is C/C=C\C=N.C=C.C=CC(C/C=C/C)C1N=C2C=CC=CC2N1C.CC.CC. The lowest BCUT2D eigenvalue weighted by Crippen LogP contribution is -2.38. The van der Waals surface area contributed by atoms with E-state index in [4.69, 9.17) is 10.4 Å². The van der Waals surface area contributed by atoms with Gasteiger partial charge in [-0.2, -0.15) is 0 Å². The molecular weight excluding hydrogens is 342 g/mol. The Morgan fingerprint density at radius 2 is 1.75 bits per heavy atom. The Bertz CT molecular complexity index is 524. The molecule has 2 aliphatic rings. The zero-order valence-electron chi connectivity index (χ0n) is 19.2. The van der Waals surface area contributed by atoms with Crippen LogP contribution < -0.4 is 0 Å². The van der Waals surface area contributed by atoms with Gasteiger partial charge in [-0.25, -0.2) is 0 Å². The van der Waals surface area contributed by atoms with Crippen LogP contribution in [0.25, 0.3) is 0 Å². The van der Waals surface area contributed by atoms with Crippen LogP contribution in [-0.4, -0.2) is 36.1 Å². The molecule has 158 valence electrons. The van der Waals surface area contributed by atoms with Crippen LogP contribution in [0.2, 0.25) is 0 Å². The summed E-state index contributed by atoms with van der Waals surface area (Å²) in [7, 11) is 2.14. The summed E-state index contributed by atoms with van der Waals surface area (Å²) < 4.78 is 0. The largest absolute Gasteiger partial charge is 0.309 e. The van der Waals surface area contributed by atoms with E-state index >= 15 is 0 Å². The second kappa shape index (κ2) is 22.8. The summed E-state index contributed by atoms with van der Waals surface area (Å²) in [6, 6.07) is 0.345. The topological polar surface area (TPSA) is 39.5 Å². The molecule has 0 radical (unpaired) electrons. The maximum absolute atomic E-state index is 6.39. The normalized spacial score (nSPS) is 20.0. The maximum Gasteiger partial charge on any atom is 0.109 e. The van der Waals surface area contributed by atoms with E-state index < -0.39 is 0 Å². The van der Waals surface area contributed by atoms with Gasteiger partial charge in [0.15, 0.2) is 0 Å². The summed E-state index contributed by atoms with van der Waals surface area (Å²) in [5.41, 5.74) is 1.17. The molecule has 3 atom stereocenters. The van der Waals surface area contributed by atoms with E-state index in [1.54, 1.807) is 6.08 Å². The molecule has 1 N–H and O–H groups in total. The number of likely N-dealkylation sites (N-methyl/N-ethyl adjacent to an activating group) is 1. The zero-order chi connectivity index (χ0) is 22.4. The average molecular weight is 386 g/mol. The van der Waals surface area contributed by atoms with Crippen molar-refractivity contribution in [2.45, 2.75) is 60.2 Å². The first-order chi connectivity index (χ1) is 13.7. The van der Waals surface area contributed by atoms with Gasteiger partial charge in [-0.15, -0.1) is 19.7 Å². The molecule has 3 unspecified atom stereocenters. The number of aliphatic imine (C=N–C) groups is 1. The molecule has 0 fully saturated rings. The molecule has 1 aliphatic carbocycles. The monoisotopic (exact) mass is 385 g/mol. The number of rotatable bonds is 5. The second-order valence-electron chi connectivity index (χ2n) is 5.22. The Morgan fingerprint density at radius 3 is 2.14 bits per heavy atom. The van der Waals surface area contributed by atoms with E-state index in [-0.39, 0.29) is 6.17 Å². The Morgan fingerprint density at radius 1 is 1.14 bits per heavy atom. The minimum absolute atomic E-state index is 0.219. The fraction of sp³-hybridized carbons (Fsp3) is 0.440. The highest BCUT2D eigenvalue weighted by Crippen LogP contribution is 2.27. The Balaban J connectivity index is -0.000000481. The van der Waals surface area contributed by atoms with Gasteiger partial charge in [-0.05, 0) is 39.5 Å². The molecule has 3 nitrogen and oxygen atoms in total. The van der Waals surface area contributed by atoms with Crippen LogP contribution in [0.4, 0.5) is 0 Å². The number of hydrogen-bond donors (Lipinski definition) is 1. The van der Waals surface area contributed by atoms with Crippen LogP contribution in [0.3, 0.4) is 0 Å². The van der Waals surface area contributed by atoms with E-state index in [0.717, 1.165) is 6.42 Å². The maximum atomic E-state index is 6.39. The molecule has 0 aromatic heterocycles. The Kier molecular flexibility index (Phi) is 24.8. The summed E-state index contributed by atoms with van der Waals surface area (Å²) in [4.78, 5) is 7.14. The number of hydrogen-bond acceptors (Lipinski definition) is 3. The average Bonchev–Trinajstić information content (AvgIpc) is 3.11. The second-order valence-corrected chi connectivity index (χ2v) is 5.22. The molecule has 0 saturated carbocycles. The third-order valence-corrected chi connectivity index (χ3v) is 3.73. The smallest absolute Gasteiger partial charge is 0.109 e. The Hall–Kier alpha value is -2.26. The van der Waals surface area contributed by atoms with Crippen LogP contribution in [0.1, 0.15) is 48.0 Å². The highest BCUT2D eigenvalue weighted by atomic mass is 15.3. The van der Waals surface area contributed by atoms with Crippen molar-refractivity contribution in [3.63, 3.8) is 0 Å². The van der Waals surface area contributed by atoms with Gasteiger partial charge < -0.3 is 5.41 Å². The predicted octanol–water partition coefficient (Wildman–Crippen LogP) is 7.03. The van der Waals surface area contributed by atoms with E-state index in [0.29, 0.717) is 12.0 Å². The standard InChI is InChI=1S/C15H20N2.C4H7N.2C2H6.C2H4/c1-4-6-9-12(5-2)15-16-13-10-7-8-11-14(13)17(15)3;1-2-3-4-5;3*1-2/h4-8,10-12,14-15H,2,9H2,1,3H3;2-5H,1H3;2*1-2H3;1-2H2/b6-4+;3-2-,5-4?;;;. The number of nitrogens with zero attached hydrogens (tertiary/aromatic N) is 2. The molecule has 0 aromatic rings. The molecule has 0 amide bonds. The van der Waals surface area contributed by atoms with Gasteiger partial charge in [0, 0.05) is 12.1 Å². The van der Waals surface area contributed by atoms with Crippen molar-refractivity contribution in [1.29, 1.82) is 5.41 Å². The predicted molar refractivity (Wildman–Crippen MR) is 132 cm³/mol. The molecule has 3 heteroatoms. The van der Waals surface area contributed by atoms with E-state index in [9.17, 15) is 0 Å². The quantitative estimate of drug-likeness (QED) is 0.400. The number of allylic oxidation sites excluding steroid dienone is 6. The van der Waals surface area contributed by atoms with Crippen LogP contribution in [0.5, 0.6) is 0 Å². The third-order valence-electron chi connectivity index (χ3n) is 3.73. The van der Waals surface area contributed by atoms with Crippen molar-refractivity contribution in [3.05, 3.63) is 74.4 Å². The summed E-state index contributed by atoms with van der Waals surface area (Å²) in [5.74, 6) is 0.385. The molecule has 0 bridgehead atoms. The minimum Gasteiger partial charge on any atom is -0.309 e. The molecule has 28 heavy (non-hydrogen) atoms. The molecular formula is C25H43N3. The van der Waals surface area contributed by atoms with Gasteiger partial charge >= 0.3 is 0 Å². The molecule has 0 aromatic carbocycles. The minimum atomic E-state index is 0.219. The first kappa shape index (κ1) is 30.5. The van der Waals surface area contributed by atoms with Crippen molar-refractivity contribution in [3.8, 4) is 0 Å². The van der Waals surface area contributed by atoms with Crippen LogP contribution in [0, 0.1) is 11.3 Å². The molecule has 1 aliphatic heterocycles. The first-order valence-corrected chi connectivity index (χ1v) is 10.2. The van der Waals surface area contributed by atoms with Crippen molar-refractivity contribution in [2.75, 3.05) is 7.05 Å². The molecule has 2 rings (SSSR count). The van der Waals surface area contributed by atoms with Crippen molar-refractivity contribution in [1.82, 2.24) is 4.90 Å². The third kappa shape index (κ3) is 11.5. The van der Waals surface area contributed by atoms with Gasteiger partial charge in [0.25, 0.3) is 0 Å². The fourth-order valence-corrected chi connectivity index (χ4v) is 2.52. The fourth-order valence-electron chi connectivity index (χ4n) is 2.52. The number of nitrogens with one attached hydrogen (secondary N) is 1. The molecule has 0 saturated heterocycles. The van der Waals surface area contributed by atoms with Gasteiger partial charge in [0.2, 0.25) is 0 Å². The lowest BCUT2D eigenvalue weighted by Gasteiger charge is -2.27. The van der Waals surface area contributed by atoms with Crippen LogP contribution >= 0.6 is 0 Å². The van der Waals surface area contributed by atoms with Crippen molar-refractivity contribution in [2.24, 2.45) is 10.9 Å². The van der Waals surface area contributed by atoms with Crippen molar-refractivity contribution >= 4 is 11.9 Å². The summed E-state index contributed by atoms with van der Waals surface area (Å²) in [6.07, 6.45) is 20.7. The first-order valence-electron chi connectivity index (χ1n) is 10.2. The van der Waals surface area contributed by atoms with E-state index in [1.807, 2.05) is 46.8 Å². The van der Waals surface area contributed by atoms with Gasteiger partial charge in [0.05, 0.1) is 11.8 Å². The van der Waals surface area contributed by atoms with Crippen LogP contribution in [-0.2, 0) is 0 Å². The Labute approximate surface area is 175 Å². The lowest BCUT2D eigenvalue weighted by molar-refractivity contribution is 0.224. The summed E-state index contributed by atoms with van der Waals surface area (Å²) >= 11 is 0. The summed E-state index contributed by atoms with van der Waals surface area (Å²) in [6.45, 7) is 21.9.